The number of nitrogens with zero attached hydrogens (tertiary/aromatic N) is 4. The second-order valence-electron chi connectivity index (χ2n) is 7.59. The van der Waals surface area contributed by atoms with Crippen LogP contribution in [0.1, 0.15) is 37.1 Å². The summed E-state index contributed by atoms with van der Waals surface area (Å²) in [6, 6.07) is 11.0. The van der Waals surface area contributed by atoms with Crippen LogP contribution in [0.4, 0.5) is 0 Å². The SMILES string of the molecule is CC1Cc2cc(S(=O)(=O)N3CCCC(c4nnc5ccccn45)C3)ccc2O1. The van der Waals surface area contributed by atoms with E-state index in [2.05, 4.69) is 10.2 Å². The molecule has 7 nitrogen and oxygen atoms in total. The fraction of sp³-hybridized carbons (Fsp3) is 0.400. The van der Waals surface area contributed by atoms with Crippen LogP contribution in [0.2, 0.25) is 0 Å². The molecule has 0 aliphatic carbocycles. The summed E-state index contributed by atoms with van der Waals surface area (Å²) in [4.78, 5) is 0.343. The second-order valence-corrected chi connectivity index (χ2v) is 9.53. The number of fused-ring (bicyclic) bond motifs is 2. The smallest absolute Gasteiger partial charge is 0.243 e. The molecular weight excluding hydrogens is 376 g/mol. The van der Waals surface area contributed by atoms with Gasteiger partial charge < -0.3 is 4.74 Å². The minimum Gasteiger partial charge on any atom is -0.490 e. The minimum absolute atomic E-state index is 0.0266. The normalized spacial score (nSPS) is 22.9. The molecule has 0 spiro atoms. The Morgan fingerprint density at radius 2 is 2.07 bits per heavy atom. The van der Waals surface area contributed by atoms with E-state index >= 15 is 0 Å². The van der Waals surface area contributed by atoms with Gasteiger partial charge in [0.1, 0.15) is 17.7 Å². The Hall–Kier alpha value is -2.45. The number of benzene rings is 1. The summed E-state index contributed by atoms with van der Waals surface area (Å²) in [6.45, 7) is 2.94. The molecule has 8 heteroatoms. The predicted octanol–water partition coefficient (Wildman–Crippen LogP) is 2.62. The van der Waals surface area contributed by atoms with Gasteiger partial charge in [-0.1, -0.05) is 6.07 Å². The summed E-state index contributed by atoms with van der Waals surface area (Å²) < 4.78 is 35.8. The Morgan fingerprint density at radius 1 is 1.18 bits per heavy atom. The van der Waals surface area contributed by atoms with Crippen molar-refractivity contribution in [2.45, 2.75) is 43.1 Å². The van der Waals surface area contributed by atoms with Gasteiger partial charge in [-0.25, -0.2) is 8.42 Å². The lowest BCUT2D eigenvalue weighted by Gasteiger charge is -2.31. The molecule has 1 saturated heterocycles. The molecule has 2 aliphatic heterocycles. The van der Waals surface area contributed by atoms with E-state index in [9.17, 15) is 8.42 Å². The molecule has 3 aromatic rings. The molecule has 5 rings (SSSR count). The zero-order valence-corrected chi connectivity index (χ0v) is 16.5. The summed E-state index contributed by atoms with van der Waals surface area (Å²) in [5.41, 5.74) is 1.75. The standard InChI is InChI=1S/C20H22N4O3S/c1-14-11-16-12-17(7-8-18(16)27-14)28(25,26)23-9-4-5-15(13-23)20-22-21-19-6-2-3-10-24(19)20/h2-3,6-8,10,12,14-15H,4-5,9,11,13H2,1H3. The first-order chi connectivity index (χ1) is 13.5. The van der Waals surface area contributed by atoms with E-state index in [1.165, 1.54) is 0 Å². The maximum absolute atomic E-state index is 13.3. The van der Waals surface area contributed by atoms with Crippen molar-refractivity contribution in [2.75, 3.05) is 13.1 Å². The topological polar surface area (TPSA) is 76.8 Å². The summed E-state index contributed by atoms with van der Waals surface area (Å²) in [7, 11) is -3.56. The maximum atomic E-state index is 13.3. The van der Waals surface area contributed by atoms with E-state index in [4.69, 9.17) is 4.74 Å². The lowest BCUT2D eigenvalue weighted by Crippen LogP contribution is -2.39. The molecule has 146 valence electrons. The number of sulfonamides is 1. The van der Waals surface area contributed by atoms with E-state index in [1.807, 2.05) is 35.7 Å². The van der Waals surface area contributed by atoms with E-state index < -0.39 is 10.0 Å². The lowest BCUT2D eigenvalue weighted by molar-refractivity contribution is 0.254. The third kappa shape index (κ3) is 2.87. The number of hydrogen-bond donors (Lipinski definition) is 0. The van der Waals surface area contributed by atoms with Crippen LogP contribution in [0.15, 0.2) is 47.5 Å². The Balaban J connectivity index is 1.44. The lowest BCUT2D eigenvalue weighted by atomic mass is 9.99. The highest BCUT2D eigenvalue weighted by atomic mass is 32.2. The third-order valence-corrected chi connectivity index (χ3v) is 7.46. The van der Waals surface area contributed by atoms with Crippen LogP contribution in [-0.4, -0.2) is 46.5 Å². The van der Waals surface area contributed by atoms with Crippen molar-refractivity contribution in [3.63, 3.8) is 0 Å². The number of pyridine rings is 1. The highest BCUT2D eigenvalue weighted by molar-refractivity contribution is 7.89. The first-order valence-corrected chi connectivity index (χ1v) is 11.1. The fourth-order valence-electron chi connectivity index (χ4n) is 4.22. The van der Waals surface area contributed by atoms with Gasteiger partial charge in [0.15, 0.2) is 5.65 Å². The molecule has 0 amide bonds. The maximum Gasteiger partial charge on any atom is 0.243 e. The van der Waals surface area contributed by atoms with Crippen LogP contribution in [0.25, 0.3) is 5.65 Å². The van der Waals surface area contributed by atoms with Crippen molar-refractivity contribution < 1.29 is 13.2 Å². The van der Waals surface area contributed by atoms with Crippen molar-refractivity contribution in [1.29, 1.82) is 0 Å². The minimum atomic E-state index is -3.56. The molecule has 2 aromatic heterocycles. The average Bonchev–Trinajstić information content (AvgIpc) is 3.30. The van der Waals surface area contributed by atoms with Gasteiger partial charge in [0.05, 0.1) is 4.90 Å². The second kappa shape index (κ2) is 6.56. The van der Waals surface area contributed by atoms with Crippen LogP contribution in [-0.2, 0) is 16.4 Å². The molecule has 0 saturated carbocycles. The van der Waals surface area contributed by atoms with Crippen LogP contribution < -0.4 is 4.74 Å². The van der Waals surface area contributed by atoms with Crippen LogP contribution >= 0.6 is 0 Å². The summed E-state index contributed by atoms with van der Waals surface area (Å²) in [5, 5.41) is 8.56. The monoisotopic (exact) mass is 398 g/mol. The summed E-state index contributed by atoms with van der Waals surface area (Å²) in [6.07, 6.45) is 4.47. The van der Waals surface area contributed by atoms with Crippen molar-refractivity contribution in [3.05, 3.63) is 54.0 Å². The third-order valence-electron chi connectivity index (χ3n) is 5.59. The zero-order valence-electron chi connectivity index (χ0n) is 15.7. The number of hydrogen-bond acceptors (Lipinski definition) is 5. The van der Waals surface area contributed by atoms with E-state index in [0.29, 0.717) is 18.0 Å². The molecule has 1 fully saturated rings. The first kappa shape index (κ1) is 17.6. The molecule has 28 heavy (non-hydrogen) atoms. The molecule has 0 radical (unpaired) electrons. The van der Waals surface area contributed by atoms with Crippen LogP contribution in [0.3, 0.4) is 0 Å². The van der Waals surface area contributed by atoms with Crippen LogP contribution in [0, 0.1) is 0 Å². The summed E-state index contributed by atoms with van der Waals surface area (Å²) in [5.74, 6) is 1.64. The average molecular weight is 398 g/mol. The van der Waals surface area contributed by atoms with Gasteiger partial charge in [0.2, 0.25) is 10.0 Å². The van der Waals surface area contributed by atoms with Crippen LogP contribution in [0.5, 0.6) is 5.75 Å². The van der Waals surface area contributed by atoms with Crippen molar-refractivity contribution >= 4 is 15.7 Å². The molecule has 4 heterocycles. The van der Waals surface area contributed by atoms with E-state index in [-0.39, 0.29) is 12.0 Å². The largest absolute Gasteiger partial charge is 0.490 e. The van der Waals surface area contributed by atoms with Gasteiger partial charge in [-0.2, -0.15) is 4.31 Å². The quantitative estimate of drug-likeness (QED) is 0.678. The Labute approximate surface area is 164 Å². The fourth-order valence-corrected chi connectivity index (χ4v) is 5.79. The van der Waals surface area contributed by atoms with Crippen molar-refractivity contribution in [3.8, 4) is 5.75 Å². The molecular formula is C20H22N4O3S. The van der Waals surface area contributed by atoms with Gasteiger partial charge in [-0.3, -0.25) is 4.40 Å². The zero-order chi connectivity index (χ0) is 19.3. The van der Waals surface area contributed by atoms with Gasteiger partial charge in [-0.15, -0.1) is 10.2 Å². The highest BCUT2D eigenvalue weighted by Gasteiger charge is 2.33. The molecule has 2 unspecified atom stereocenters. The van der Waals surface area contributed by atoms with Gasteiger partial charge in [0.25, 0.3) is 0 Å². The number of ether oxygens (including phenoxy) is 1. The van der Waals surface area contributed by atoms with Crippen molar-refractivity contribution in [2.24, 2.45) is 0 Å². The van der Waals surface area contributed by atoms with Crippen molar-refractivity contribution in [1.82, 2.24) is 18.9 Å². The molecule has 1 aromatic carbocycles. The predicted molar refractivity (Wildman–Crippen MR) is 104 cm³/mol. The van der Waals surface area contributed by atoms with Gasteiger partial charge in [-0.05, 0) is 55.7 Å². The molecule has 0 N–H and O–H groups in total. The molecule has 0 bridgehead atoms. The summed E-state index contributed by atoms with van der Waals surface area (Å²) >= 11 is 0. The first-order valence-electron chi connectivity index (χ1n) is 9.62. The van der Waals surface area contributed by atoms with Gasteiger partial charge in [0, 0.05) is 31.6 Å². The molecule has 2 aliphatic rings. The number of rotatable bonds is 3. The number of aromatic nitrogens is 3. The van der Waals surface area contributed by atoms with Gasteiger partial charge >= 0.3 is 0 Å². The Kier molecular flexibility index (Phi) is 4.13. The van der Waals surface area contributed by atoms with E-state index in [0.717, 1.165) is 42.0 Å². The number of piperidine rings is 1. The molecule has 2 atom stereocenters. The van der Waals surface area contributed by atoms with E-state index in [1.54, 1.807) is 22.5 Å². The Bertz CT molecular complexity index is 1140. The highest BCUT2D eigenvalue weighted by Crippen LogP contribution is 2.34. The Morgan fingerprint density at radius 3 is 2.96 bits per heavy atom.